The molecule has 0 saturated carbocycles. The Hall–Kier alpha value is -1.61. The first-order valence-electron chi connectivity index (χ1n) is 6.25. The lowest BCUT2D eigenvalue weighted by Crippen LogP contribution is -1.97. The summed E-state index contributed by atoms with van der Waals surface area (Å²) in [5, 5.41) is 9.06. The number of aliphatic hydroxyl groups is 1. The van der Waals surface area contributed by atoms with Gasteiger partial charge in [-0.05, 0) is 26.3 Å². The third-order valence-corrected chi connectivity index (χ3v) is 3.45. The van der Waals surface area contributed by atoms with Gasteiger partial charge in [0, 0.05) is 31.3 Å². The zero-order chi connectivity index (χ0) is 13.3. The van der Waals surface area contributed by atoms with Gasteiger partial charge in [-0.25, -0.2) is 4.98 Å². The average Bonchev–Trinajstić information content (AvgIpc) is 2.58. The van der Waals surface area contributed by atoms with Gasteiger partial charge < -0.3 is 9.67 Å². The average molecular weight is 244 g/mol. The summed E-state index contributed by atoms with van der Waals surface area (Å²) in [6.07, 6.45) is 0.616. The molecule has 0 aliphatic carbocycles. The fourth-order valence-electron chi connectivity index (χ4n) is 2.28. The number of rotatable bonds is 3. The van der Waals surface area contributed by atoms with Crippen molar-refractivity contribution in [2.75, 3.05) is 6.61 Å². The highest BCUT2D eigenvalue weighted by atomic mass is 16.3. The minimum atomic E-state index is 0.143. The minimum absolute atomic E-state index is 0.143. The molecule has 3 heteroatoms. The molecule has 1 aromatic heterocycles. The molecule has 0 saturated heterocycles. The van der Waals surface area contributed by atoms with Crippen molar-refractivity contribution in [3.8, 4) is 11.4 Å². The van der Waals surface area contributed by atoms with Gasteiger partial charge in [0.1, 0.15) is 5.82 Å². The van der Waals surface area contributed by atoms with E-state index in [0.717, 1.165) is 22.8 Å². The number of aliphatic hydroxyl groups excluding tert-OH is 1. The summed E-state index contributed by atoms with van der Waals surface area (Å²) in [5.41, 5.74) is 5.76. The maximum absolute atomic E-state index is 9.06. The van der Waals surface area contributed by atoms with Crippen LogP contribution in [0.15, 0.2) is 18.2 Å². The molecular formula is C15H20N2O. The van der Waals surface area contributed by atoms with E-state index in [1.807, 2.05) is 14.0 Å². The van der Waals surface area contributed by atoms with Crippen LogP contribution in [0.5, 0.6) is 0 Å². The summed E-state index contributed by atoms with van der Waals surface area (Å²) < 4.78 is 2.10. The van der Waals surface area contributed by atoms with Crippen LogP contribution in [0.2, 0.25) is 0 Å². The van der Waals surface area contributed by atoms with E-state index in [1.165, 1.54) is 11.1 Å². The summed E-state index contributed by atoms with van der Waals surface area (Å²) in [7, 11) is 2.03. The molecule has 0 atom stereocenters. The molecule has 2 rings (SSSR count). The number of aromatic nitrogens is 2. The molecule has 0 fully saturated rings. The van der Waals surface area contributed by atoms with Gasteiger partial charge in [0.15, 0.2) is 0 Å². The van der Waals surface area contributed by atoms with Crippen molar-refractivity contribution in [1.29, 1.82) is 0 Å². The largest absolute Gasteiger partial charge is 0.396 e. The van der Waals surface area contributed by atoms with E-state index in [1.54, 1.807) is 0 Å². The van der Waals surface area contributed by atoms with Crippen molar-refractivity contribution in [2.24, 2.45) is 7.05 Å². The van der Waals surface area contributed by atoms with Crippen LogP contribution in [0, 0.1) is 20.8 Å². The van der Waals surface area contributed by atoms with Crippen LogP contribution >= 0.6 is 0 Å². The van der Waals surface area contributed by atoms with Crippen LogP contribution < -0.4 is 0 Å². The number of hydrogen-bond donors (Lipinski definition) is 1. The Bertz CT molecular complexity index is 570. The van der Waals surface area contributed by atoms with Crippen LogP contribution in [0.3, 0.4) is 0 Å². The van der Waals surface area contributed by atoms with E-state index in [-0.39, 0.29) is 6.61 Å². The zero-order valence-electron chi connectivity index (χ0n) is 11.5. The molecule has 18 heavy (non-hydrogen) atoms. The maximum Gasteiger partial charge on any atom is 0.140 e. The first-order valence-corrected chi connectivity index (χ1v) is 6.25. The van der Waals surface area contributed by atoms with Gasteiger partial charge in [-0.1, -0.05) is 23.8 Å². The number of imidazole rings is 1. The van der Waals surface area contributed by atoms with Gasteiger partial charge in [-0.2, -0.15) is 0 Å². The Morgan fingerprint density at radius 3 is 2.56 bits per heavy atom. The molecule has 0 bridgehead atoms. The highest BCUT2D eigenvalue weighted by Gasteiger charge is 2.13. The van der Waals surface area contributed by atoms with Crippen molar-refractivity contribution in [1.82, 2.24) is 9.55 Å². The molecule has 0 spiro atoms. The monoisotopic (exact) mass is 244 g/mol. The molecule has 1 aromatic carbocycles. The van der Waals surface area contributed by atoms with Gasteiger partial charge in [0.05, 0.1) is 5.69 Å². The molecule has 0 aliphatic rings. The molecule has 96 valence electrons. The molecule has 1 N–H and O–H groups in total. The van der Waals surface area contributed by atoms with Crippen molar-refractivity contribution in [3.63, 3.8) is 0 Å². The van der Waals surface area contributed by atoms with Crippen LogP contribution in [-0.2, 0) is 13.5 Å². The van der Waals surface area contributed by atoms with E-state index in [4.69, 9.17) is 5.11 Å². The van der Waals surface area contributed by atoms with E-state index >= 15 is 0 Å². The summed E-state index contributed by atoms with van der Waals surface area (Å²) in [4.78, 5) is 4.66. The number of nitrogens with zero attached hydrogens (tertiary/aromatic N) is 2. The third kappa shape index (κ3) is 2.18. The summed E-state index contributed by atoms with van der Waals surface area (Å²) in [6.45, 7) is 6.39. The zero-order valence-corrected chi connectivity index (χ0v) is 11.5. The minimum Gasteiger partial charge on any atom is -0.396 e. The number of aryl methyl sites for hydroxylation is 2. The highest BCUT2D eigenvalue weighted by Crippen LogP contribution is 2.25. The lowest BCUT2D eigenvalue weighted by molar-refractivity contribution is 0.298. The van der Waals surface area contributed by atoms with Crippen LogP contribution in [0.25, 0.3) is 11.4 Å². The van der Waals surface area contributed by atoms with Gasteiger partial charge in [-0.15, -0.1) is 0 Å². The molecule has 0 amide bonds. The molecular weight excluding hydrogens is 224 g/mol. The smallest absolute Gasteiger partial charge is 0.140 e. The molecule has 0 radical (unpaired) electrons. The van der Waals surface area contributed by atoms with Gasteiger partial charge >= 0.3 is 0 Å². The molecule has 0 aliphatic heterocycles. The highest BCUT2D eigenvalue weighted by molar-refractivity contribution is 5.62. The lowest BCUT2D eigenvalue weighted by Gasteiger charge is -2.07. The van der Waals surface area contributed by atoms with Crippen LogP contribution in [0.4, 0.5) is 0 Å². The molecule has 3 nitrogen and oxygen atoms in total. The summed E-state index contributed by atoms with van der Waals surface area (Å²) in [6, 6.07) is 6.40. The quantitative estimate of drug-likeness (QED) is 0.901. The third-order valence-electron chi connectivity index (χ3n) is 3.45. The predicted molar refractivity (Wildman–Crippen MR) is 73.6 cm³/mol. The maximum atomic E-state index is 9.06. The normalized spacial score (nSPS) is 10.9. The molecule has 1 heterocycles. The van der Waals surface area contributed by atoms with Crippen molar-refractivity contribution < 1.29 is 5.11 Å². The topological polar surface area (TPSA) is 38.1 Å². The standard InChI is InChI=1S/C15H20N2O/c1-10-5-6-13(11(2)9-10)15-16-14(7-8-18)12(3)17(15)4/h5-6,9,18H,7-8H2,1-4H3. The Morgan fingerprint density at radius 2 is 1.94 bits per heavy atom. The Morgan fingerprint density at radius 1 is 1.22 bits per heavy atom. The Labute approximate surface area is 108 Å². The first-order chi connectivity index (χ1) is 8.54. The van der Waals surface area contributed by atoms with Gasteiger partial charge in [0.2, 0.25) is 0 Å². The number of benzene rings is 1. The fraction of sp³-hybridized carbons (Fsp3) is 0.400. The Balaban J connectivity index is 2.53. The van der Waals surface area contributed by atoms with Crippen molar-refractivity contribution >= 4 is 0 Å². The summed E-state index contributed by atoms with van der Waals surface area (Å²) >= 11 is 0. The van der Waals surface area contributed by atoms with E-state index in [9.17, 15) is 0 Å². The second kappa shape index (κ2) is 4.94. The first kappa shape index (κ1) is 12.8. The van der Waals surface area contributed by atoms with E-state index in [0.29, 0.717) is 6.42 Å². The molecule has 2 aromatic rings. The SMILES string of the molecule is Cc1ccc(-c2nc(CCO)c(C)n2C)c(C)c1. The van der Waals surface area contributed by atoms with Crippen molar-refractivity contribution in [3.05, 3.63) is 40.7 Å². The number of hydrogen-bond acceptors (Lipinski definition) is 2. The van der Waals surface area contributed by atoms with Gasteiger partial charge in [0.25, 0.3) is 0 Å². The predicted octanol–water partition coefficient (Wildman–Crippen LogP) is 2.55. The van der Waals surface area contributed by atoms with Crippen LogP contribution in [-0.4, -0.2) is 21.3 Å². The van der Waals surface area contributed by atoms with E-state index < -0.39 is 0 Å². The molecule has 0 unspecified atom stereocenters. The second-order valence-corrected chi connectivity index (χ2v) is 4.82. The fourth-order valence-corrected chi connectivity index (χ4v) is 2.28. The Kier molecular flexibility index (Phi) is 3.53. The van der Waals surface area contributed by atoms with E-state index in [2.05, 4.69) is 41.6 Å². The van der Waals surface area contributed by atoms with Crippen molar-refractivity contribution in [2.45, 2.75) is 27.2 Å². The van der Waals surface area contributed by atoms with Crippen LogP contribution in [0.1, 0.15) is 22.5 Å². The van der Waals surface area contributed by atoms with Gasteiger partial charge in [-0.3, -0.25) is 0 Å². The second-order valence-electron chi connectivity index (χ2n) is 4.82. The lowest BCUT2D eigenvalue weighted by atomic mass is 10.1. The summed E-state index contributed by atoms with van der Waals surface area (Å²) in [5.74, 6) is 0.980.